The van der Waals surface area contributed by atoms with Crippen LogP contribution in [-0.4, -0.2) is 13.4 Å². The van der Waals surface area contributed by atoms with E-state index in [1.165, 1.54) is 31.0 Å². The third-order valence-electron chi connectivity index (χ3n) is 5.84. The van der Waals surface area contributed by atoms with E-state index in [0.29, 0.717) is 0 Å². The molecule has 0 aliphatic heterocycles. The zero-order chi connectivity index (χ0) is 33.6. The molecule has 0 radical (unpaired) electrons. The number of fused-ring (bicyclic) bond motifs is 3. The number of alkyl halides is 6. The van der Waals surface area contributed by atoms with E-state index in [1.54, 1.807) is 24.2 Å². The van der Waals surface area contributed by atoms with Crippen LogP contribution in [0.2, 0.25) is 0 Å². The second-order valence-corrected chi connectivity index (χ2v) is 12.4. The largest absolute Gasteiger partial charge is 0.508 e. The fourth-order valence-corrected chi connectivity index (χ4v) is 3.77. The maximum atomic E-state index is 11.8. The van der Waals surface area contributed by atoms with E-state index in [0.717, 1.165) is 55.0 Å². The van der Waals surface area contributed by atoms with Crippen LogP contribution in [0.1, 0.15) is 41.7 Å². The molecule has 1 aliphatic rings. The summed E-state index contributed by atoms with van der Waals surface area (Å²) in [7, 11) is 0. The van der Waals surface area contributed by atoms with Gasteiger partial charge in [0.15, 0.2) is 0 Å². The average molecular weight is 702 g/mol. The number of aromatic hydroxyl groups is 2. The van der Waals surface area contributed by atoms with E-state index < -0.39 is 23.5 Å². The van der Waals surface area contributed by atoms with Crippen molar-refractivity contribution in [3.05, 3.63) is 149 Å². The minimum atomic E-state index is -4.33. The van der Waals surface area contributed by atoms with E-state index in [9.17, 15) is 26.3 Å². The van der Waals surface area contributed by atoms with Crippen molar-refractivity contribution < 1.29 is 60.8 Å². The van der Waals surface area contributed by atoms with Gasteiger partial charge in [-0.25, -0.2) is 11.6 Å². The summed E-state index contributed by atoms with van der Waals surface area (Å²) >= 11 is 1.55. The predicted molar refractivity (Wildman–Crippen MR) is 163 cm³/mol. The zero-order valence-corrected chi connectivity index (χ0v) is 27.3. The van der Waals surface area contributed by atoms with Gasteiger partial charge in [0.2, 0.25) is 0 Å². The maximum absolute atomic E-state index is 11.8. The molecule has 0 fully saturated rings. The first-order valence-corrected chi connectivity index (χ1v) is 14.8. The Labute approximate surface area is 274 Å². The Morgan fingerprint density at radius 3 is 1.58 bits per heavy atom. The first-order valence-electron chi connectivity index (χ1n) is 13.6. The van der Waals surface area contributed by atoms with Crippen LogP contribution in [0.25, 0.3) is 11.1 Å². The van der Waals surface area contributed by atoms with E-state index in [-0.39, 0.29) is 11.5 Å². The second-order valence-electron chi connectivity index (χ2n) is 9.95. The fraction of sp³-hybridized carbons (Fsp3) is 0.167. The van der Waals surface area contributed by atoms with Gasteiger partial charge >= 0.3 is 53.6 Å². The third kappa shape index (κ3) is 13.8. The zero-order valence-electron chi connectivity index (χ0n) is 24.8. The van der Waals surface area contributed by atoms with Crippen LogP contribution in [-0.2, 0) is 43.0 Å². The minimum Gasteiger partial charge on any atom is -0.508 e. The molecule has 2 N–H and O–H groups in total. The summed E-state index contributed by atoms with van der Waals surface area (Å²) in [5, 5.41) is 17.3. The molecule has 0 saturated carbocycles. The number of rotatable bonds is 0. The predicted octanol–water partition coefficient (Wildman–Crippen LogP) is 10.3. The fourth-order valence-electron chi connectivity index (χ4n) is 3.77. The summed E-state index contributed by atoms with van der Waals surface area (Å²) in [6.07, 6.45) is -7.60. The van der Waals surface area contributed by atoms with Gasteiger partial charge in [-0.3, -0.25) is 0 Å². The molecule has 0 atom stereocenters. The molecule has 9 heteroatoms. The van der Waals surface area contributed by atoms with Crippen LogP contribution in [0.5, 0.6) is 11.5 Å². The normalized spacial score (nSPS) is 11.0. The molecule has 1 aliphatic carbocycles. The van der Waals surface area contributed by atoms with E-state index in [2.05, 4.69) is 75.4 Å². The standard InChI is InChI=1S/C13H9.2C7H5F3O.C6H7.C3H6.Zr/c1-3-7-12-10(5-1)9-11-6-2-4-8-13(11)12;2*8-7(9,10)5-1-3-6(11)4-2-5;1-6-4-2-3-5-6;1-3-2;/h1-5,7-8H,9H2;2*1-4,11H;2-5H,1H3;1-2H3;/q-1;;;-1;;+2. The summed E-state index contributed by atoms with van der Waals surface area (Å²) < 4.78 is 72.5. The molecule has 0 unspecified atom stereocenters. The molecule has 5 aromatic rings. The summed E-state index contributed by atoms with van der Waals surface area (Å²) in [5.41, 5.74) is 5.34. The number of phenols is 2. The number of benzene rings is 4. The Morgan fingerprint density at radius 2 is 1.18 bits per heavy atom. The smallest absolute Gasteiger partial charge is 0.416 e. The van der Waals surface area contributed by atoms with Crippen molar-refractivity contribution in [2.24, 2.45) is 0 Å². The summed E-state index contributed by atoms with van der Waals surface area (Å²) in [4.78, 5) is 0. The molecular formula is C36H32F6O2Zr. The molecular weight excluding hydrogens is 670 g/mol. The van der Waals surface area contributed by atoms with E-state index in [1.807, 2.05) is 18.2 Å². The molecule has 234 valence electrons. The quantitative estimate of drug-likeness (QED) is 0.122. The number of phenolic OH excluding ortho intramolecular Hbond substituents is 2. The van der Waals surface area contributed by atoms with Crippen molar-refractivity contribution in [1.29, 1.82) is 0 Å². The van der Waals surface area contributed by atoms with E-state index in [4.69, 9.17) is 10.2 Å². The molecule has 45 heavy (non-hydrogen) atoms. The number of halogens is 6. The first-order chi connectivity index (χ1) is 21.1. The van der Waals surface area contributed by atoms with Crippen LogP contribution in [0, 0.1) is 13.0 Å². The first kappa shape index (κ1) is 37.4. The van der Waals surface area contributed by atoms with Gasteiger partial charge in [0.25, 0.3) is 0 Å². The Balaban J connectivity index is 0.000000206. The number of hydrogen-bond donors (Lipinski definition) is 2. The SMILES string of the molecule is C[C](C)=[Zr+2].Cc1cc[cH-]c1.Oc1ccc(C(F)(F)F)cc1.Oc1ccc(C(F)(F)F)cc1.[c-]1cccc2c1Cc1ccccc1-2. The molecule has 2 nitrogen and oxygen atoms in total. The van der Waals surface area contributed by atoms with Gasteiger partial charge in [-0.1, -0.05) is 42.3 Å². The van der Waals surface area contributed by atoms with Crippen molar-refractivity contribution in [2.75, 3.05) is 0 Å². The Bertz CT molecular complexity index is 1490. The molecule has 0 amide bonds. The molecule has 5 aromatic carbocycles. The van der Waals surface area contributed by atoms with Gasteiger partial charge in [0.1, 0.15) is 11.5 Å². The topological polar surface area (TPSA) is 40.5 Å². The van der Waals surface area contributed by atoms with Gasteiger partial charge in [-0.15, -0.1) is 5.56 Å². The maximum Gasteiger partial charge on any atom is 0.416 e. The molecule has 0 heterocycles. The van der Waals surface area contributed by atoms with Gasteiger partial charge in [-0.05, 0) is 55.0 Å². The number of hydrogen-bond acceptors (Lipinski definition) is 2. The van der Waals surface area contributed by atoms with Crippen molar-refractivity contribution in [1.82, 2.24) is 0 Å². The van der Waals surface area contributed by atoms with Crippen LogP contribution in [0.3, 0.4) is 0 Å². The van der Waals surface area contributed by atoms with Crippen molar-refractivity contribution in [3.8, 4) is 22.6 Å². The van der Waals surface area contributed by atoms with Crippen LogP contribution in [0.15, 0.2) is 115 Å². The van der Waals surface area contributed by atoms with E-state index >= 15 is 0 Å². The van der Waals surface area contributed by atoms with Gasteiger partial charge in [0, 0.05) is 0 Å². The summed E-state index contributed by atoms with van der Waals surface area (Å²) in [6.45, 7) is 6.33. The second kappa shape index (κ2) is 17.6. The molecule has 0 bridgehead atoms. The number of aryl methyl sites for hydroxylation is 1. The Kier molecular flexibility index (Phi) is 14.6. The average Bonchev–Trinajstić information content (AvgIpc) is 3.60. The van der Waals surface area contributed by atoms with Crippen molar-refractivity contribution in [3.63, 3.8) is 0 Å². The van der Waals surface area contributed by atoms with Crippen molar-refractivity contribution >= 4 is 3.21 Å². The van der Waals surface area contributed by atoms with Crippen LogP contribution in [0.4, 0.5) is 26.3 Å². The summed E-state index contributed by atoms with van der Waals surface area (Å²) in [5.74, 6) is -0.337. The van der Waals surface area contributed by atoms with Gasteiger partial charge in [-0.2, -0.15) is 74.4 Å². The van der Waals surface area contributed by atoms with Crippen LogP contribution >= 0.6 is 0 Å². The summed E-state index contributed by atoms with van der Waals surface area (Å²) in [6, 6.07) is 33.7. The third-order valence-corrected chi connectivity index (χ3v) is 5.84. The molecule has 0 saturated heterocycles. The molecule has 0 spiro atoms. The van der Waals surface area contributed by atoms with Gasteiger partial charge in [0.05, 0.1) is 11.1 Å². The van der Waals surface area contributed by atoms with Crippen LogP contribution < -0.4 is 0 Å². The minimum absolute atomic E-state index is 0.169. The Hall–Kier alpha value is -3.84. The van der Waals surface area contributed by atoms with Crippen molar-refractivity contribution in [2.45, 2.75) is 39.5 Å². The molecule has 0 aromatic heterocycles. The molecule has 6 rings (SSSR count). The monoisotopic (exact) mass is 700 g/mol. The van der Waals surface area contributed by atoms with Gasteiger partial charge < -0.3 is 10.2 Å². The Morgan fingerprint density at radius 1 is 0.711 bits per heavy atom.